The van der Waals surface area contributed by atoms with Gasteiger partial charge in [-0.25, -0.2) is 0 Å². The van der Waals surface area contributed by atoms with Gasteiger partial charge in [-0.05, 0) is 12.1 Å². The zero-order chi connectivity index (χ0) is 13.2. The zero-order valence-corrected chi connectivity index (χ0v) is 11.5. The van der Waals surface area contributed by atoms with Crippen LogP contribution >= 0.6 is 0 Å². The molecule has 2 aliphatic rings. The van der Waals surface area contributed by atoms with E-state index >= 15 is 0 Å². The number of benzene rings is 1. The fourth-order valence-electron chi connectivity index (χ4n) is 2.46. The smallest absolute Gasteiger partial charge is 0.256 e. The molecule has 1 amide bonds. The number of hydrogen-bond donors (Lipinski definition) is 2. The average molecular weight is 279 g/mol. The summed E-state index contributed by atoms with van der Waals surface area (Å²) in [6, 6.07) is 5.73. The van der Waals surface area contributed by atoms with Gasteiger partial charge in [0.1, 0.15) is 0 Å². The van der Waals surface area contributed by atoms with Gasteiger partial charge < -0.3 is 15.5 Å². The van der Waals surface area contributed by atoms with Gasteiger partial charge in [0.25, 0.3) is 5.91 Å². The highest BCUT2D eigenvalue weighted by Gasteiger charge is 2.24. The lowest BCUT2D eigenvalue weighted by Crippen LogP contribution is -2.42. The van der Waals surface area contributed by atoms with E-state index in [2.05, 4.69) is 10.6 Å². The molecule has 0 atom stereocenters. The number of para-hydroxylation sites is 1. The molecule has 1 saturated heterocycles. The molecule has 0 bridgehead atoms. The van der Waals surface area contributed by atoms with E-state index in [1.807, 2.05) is 18.2 Å². The molecular formula is C13H17N3O2S. The molecule has 19 heavy (non-hydrogen) atoms. The van der Waals surface area contributed by atoms with Crippen LogP contribution in [0.1, 0.15) is 10.4 Å². The van der Waals surface area contributed by atoms with Crippen LogP contribution in [0.4, 0.5) is 11.4 Å². The van der Waals surface area contributed by atoms with E-state index in [0.717, 1.165) is 24.5 Å². The van der Waals surface area contributed by atoms with Crippen LogP contribution in [0.3, 0.4) is 0 Å². The maximum Gasteiger partial charge on any atom is 0.256 e. The van der Waals surface area contributed by atoms with Crippen molar-refractivity contribution in [1.82, 2.24) is 4.90 Å². The highest BCUT2D eigenvalue weighted by atomic mass is 32.2. The number of nitrogens with one attached hydrogen (secondary N) is 2. The number of hydrogen-bond acceptors (Lipinski definition) is 4. The number of carbonyl (C=O) groups is 1. The molecule has 1 aromatic carbocycles. The molecule has 0 aliphatic carbocycles. The number of nitrogens with zero attached hydrogens (tertiary/aromatic N) is 1. The van der Waals surface area contributed by atoms with Crippen molar-refractivity contribution in [3.63, 3.8) is 0 Å². The fourth-order valence-corrected chi connectivity index (χ4v) is 3.52. The van der Waals surface area contributed by atoms with Crippen LogP contribution in [-0.4, -0.2) is 52.7 Å². The van der Waals surface area contributed by atoms with Crippen molar-refractivity contribution < 1.29 is 9.00 Å². The van der Waals surface area contributed by atoms with E-state index in [0.29, 0.717) is 30.2 Å². The number of amides is 1. The standard InChI is InChI=1S/C13H17N3O2S/c17-13(16-6-8-19(18)9-7-16)10-2-1-3-11-12(10)15-5-4-14-11/h1-3,14-15H,4-9H2. The number of rotatable bonds is 1. The monoisotopic (exact) mass is 279 g/mol. The quantitative estimate of drug-likeness (QED) is 0.795. The van der Waals surface area contributed by atoms with E-state index in [4.69, 9.17) is 0 Å². The van der Waals surface area contributed by atoms with Crippen molar-refractivity contribution in [2.75, 3.05) is 48.3 Å². The van der Waals surface area contributed by atoms with Gasteiger partial charge in [0, 0.05) is 48.5 Å². The van der Waals surface area contributed by atoms with E-state index in [1.165, 1.54) is 0 Å². The summed E-state index contributed by atoms with van der Waals surface area (Å²) < 4.78 is 11.4. The maximum absolute atomic E-state index is 12.5. The second-order valence-corrected chi connectivity index (χ2v) is 6.42. The van der Waals surface area contributed by atoms with Crippen LogP contribution in [0.15, 0.2) is 18.2 Å². The topological polar surface area (TPSA) is 61.4 Å². The first-order valence-electron chi connectivity index (χ1n) is 6.51. The van der Waals surface area contributed by atoms with Crippen LogP contribution in [0, 0.1) is 0 Å². The Morgan fingerprint density at radius 2 is 1.89 bits per heavy atom. The third-order valence-corrected chi connectivity index (χ3v) is 4.78. The molecule has 3 rings (SSSR count). The summed E-state index contributed by atoms with van der Waals surface area (Å²) >= 11 is 0. The molecular weight excluding hydrogens is 262 g/mol. The molecule has 0 saturated carbocycles. The first-order valence-corrected chi connectivity index (χ1v) is 7.99. The number of anilines is 2. The maximum atomic E-state index is 12.5. The summed E-state index contributed by atoms with van der Waals surface area (Å²) in [5.41, 5.74) is 2.58. The summed E-state index contributed by atoms with van der Waals surface area (Å²) in [6.07, 6.45) is 0. The molecule has 6 heteroatoms. The van der Waals surface area contributed by atoms with Gasteiger partial charge in [-0.15, -0.1) is 0 Å². The number of fused-ring (bicyclic) bond motifs is 1. The molecule has 1 fully saturated rings. The van der Waals surface area contributed by atoms with Crippen LogP contribution in [-0.2, 0) is 10.8 Å². The van der Waals surface area contributed by atoms with Crippen molar-refractivity contribution >= 4 is 28.1 Å². The minimum absolute atomic E-state index is 0.0322. The Bertz CT molecular complexity index is 523. The molecule has 2 aliphatic heterocycles. The highest BCUT2D eigenvalue weighted by Crippen LogP contribution is 2.29. The second kappa shape index (κ2) is 5.21. The Labute approximate surface area is 114 Å². The first kappa shape index (κ1) is 12.5. The predicted molar refractivity (Wildman–Crippen MR) is 77.2 cm³/mol. The van der Waals surface area contributed by atoms with E-state index in [9.17, 15) is 9.00 Å². The molecule has 5 nitrogen and oxygen atoms in total. The van der Waals surface area contributed by atoms with Crippen LogP contribution < -0.4 is 10.6 Å². The summed E-state index contributed by atoms with van der Waals surface area (Å²) in [6.45, 7) is 2.86. The van der Waals surface area contributed by atoms with E-state index in [-0.39, 0.29) is 5.91 Å². The van der Waals surface area contributed by atoms with Gasteiger partial charge >= 0.3 is 0 Å². The Kier molecular flexibility index (Phi) is 3.42. The zero-order valence-electron chi connectivity index (χ0n) is 10.6. The van der Waals surface area contributed by atoms with Crippen molar-refractivity contribution in [3.05, 3.63) is 23.8 Å². The van der Waals surface area contributed by atoms with E-state index < -0.39 is 10.8 Å². The average Bonchev–Trinajstić information content (AvgIpc) is 2.47. The lowest BCUT2D eigenvalue weighted by atomic mass is 10.1. The summed E-state index contributed by atoms with van der Waals surface area (Å²) in [5.74, 6) is 1.21. The van der Waals surface area contributed by atoms with Crippen molar-refractivity contribution in [2.24, 2.45) is 0 Å². The molecule has 102 valence electrons. The van der Waals surface area contributed by atoms with E-state index in [1.54, 1.807) is 4.90 Å². The Hall–Kier alpha value is -1.56. The van der Waals surface area contributed by atoms with Gasteiger partial charge in [0.2, 0.25) is 0 Å². The summed E-state index contributed by atoms with van der Waals surface area (Å²) in [4.78, 5) is 14.3. The largest absolute Gasteiger partial charge is 0.382 e. The summed E-state index contributed by atoms with van der Waals surface area (Å²) in [5, 5.41) is 6.58. The SMILES string of the molecule is O=C(c1cccc2c1NCCN2)N1CCS(=O)CC1. The fraction of sp³-hybridized carbons (Fsp3) is 0.462. The molecule has 1 aromatic rings. The van der Waals surface area contributed by atoms with Gasteiger partial charge in [-0.1, -0.05) is 6.07 Å². The van der Waals surface area contributed by atoms with Crippen molar-refractivity contribution in [3.8, 4) is 0 Å². The lowest BCUT2D eigenvalue weighted by Gasteiger charge is -2.29. The van der Waals surface area contributed by atoms with Gasteiger partial charge in [-0.3, -0.25) is 9.00 Å². The van der Waals surface area contributed by atoms with Crippen LogP contribution in [0.5, 0.6) is 0 Å². The van der Waals surface area contributed by atoms with Gasteiger partial charge in [0.15, 0.2) is 0 Å². The number of carbonyl (C=O) groups excluding carboxylic acids is 1. The predicted octanol–water partition coefficient (Wildman–Crippen LogP) is 0.728. The molecule has 0 aromatic heterocycles. The van der Waals surface area contributed by atoms with Gasteiger partial charge in [-0.2, -0.15) is 0 Å². The summed E-state index contributed by atoms with van der Waals surface area (Å²) in [7, 11) is -0.758. The lowest BCUT2D eigenvalue weighted by molar-refractivity contribution is 0.0772. The minimum Gasteiger partial charge on any atom is -0.382 e. The van der Waals surface area contributed by atoms with Crippen molar-refractivity contribution in [1.29, 1.82) is 0 Å². The molecule has 0 spiro atoms. The third kappa shape index (κ3) is 2.45. The molecule has 2 heterocycles. The normalized spacial score (nSPS) is 19.3. The highest BCUT2D eigenvalue weighted by molar-refractivity contribution is 7.85. The third-order valence-electron chi connectivity index (χ3n) is 3.50. The van der Waals surface area contributed by atoms with Crippen molar-refractivity contribution in [2.45, 2.75) is 0 Å². The first-order chi connectivity index (χ1) is 9.25. The van der Waals surface area contributed by atoms with Gasteiger partial charge in [0.05, 0.1) is 16.9 Å². The second-order valence-electron chi connectivity index (χ2n) is 4.72. The molecule has 0 radical (unpaired) electrons. The Morgan fingerprint density at radius 3 is 2.68 bits per heavy atom. The molecule has 0 unspecified atom stereocenters. The Balaban J connectivity index is 1.85. The minimum atomic E-state index is -0.758. The van der Waals surface area contributed by atoms with Crippen LogP contribution in [0.2, 0.25) is 0 Å². The van der Waals surface area contributed by atoms with Crippen LogP contribution in [0.25, 0.3) is 0 Å². The Morgan fingerprint density at radius 1 is 1.16 bits per heavy atom. The molecule has 2 N–H and O–H groups in total.